The molecule has 0 aliphatic carbocycles. The van der Waals surface area contributed by atoms with Crippen LogP contribution in [-0.4, -0.2) is 54.8 Å². The lowest BCUT2D eigenvalue weighted by Crippen LogP contribution is -2.49. The molecule has 1 rings (SSSR count). The van der Waals surface area contributed by atoms with Crippen molar-refractivity contribution in [2.24, 2.45) is 0 Å². The molecule has 1 heterocycles. The number of nitrogens with zero attached hydrogens (tertiary/aromatic N) is 2. The number of hydrogen-bond acceptors (Lipinski definition) is 4. The quantitative estimate of drug-likeness (QED) is 0.581. The van der Waals surface area contributed by atoms with Gasteiger partial charge in [0.15, 0.2) is 0 Å². The molecule has 0 saturated carbocycles. The van der Waals surface area contributed by atoms with Gasteiger partial charge in [0.05, 0.1) is 12.8 Å². The van der Waals surface area contributed by atoms with E-state index in [1.54, 1.807) is 24.3 Å². The molecule has 5 heteroatoms. The van der Waals surface area contributed by atoms with Crippen LogP contribution in [0.15, 0.2) is 24.6 Å². The second kappa shape index (κ2) is 6.50. The summed E-state index contributed by atoms with van der Waals surface area (Å²) in [6.45, 7) is 12.2. The lowest BCUT2D eigenvalue weighted by atomic mass is 10.2. The maximum absolute atomic E-state index is 11.9. The summed E-state index contributed by atoms with van der Waals surface area (Å²) in [5.74, 6) is 0. The van der Waals surface area contributed by atoms with E-state index in [1.165, 1.54) is 0 Å². The zero-order valence-corrected chi connectivity index (χ0v) is 12.3. The average Bonchev–Trinajstić information content (AvgIpc) is 2.34. The van der Waals surface area contributed by atoms with E-state index in [1.807, 2.05) is 20.8 Å². The van der Waals surface area contributed by atoms with E-state index in [-0.39, 0.29) is 6.09 Å². The molecule has 0 unspecified atom stereocenters. The van der Waals surface area contributed by atoms with Gasteiger partial charge in [0, 0.05) is 26.2 Å². The Balaban J connectivity index is 2.51. The molecule has 1 fully saturated rings. The zero-order chi connectivity index (χ0) is 14.5. The zero-order valence-electron chi connectivity index (χ0n) is 12.3. The number of ether oxygens (including phenoxy) is 2. The van der Waals surface area contributed by atoms with Crippen molar-refractivity contribution in [2.75, 3.05) is 33.3 Å². The van der Waals surface area contributed by atoms with Crippen LogP contribution in [0.25, 0.3) is 0 Å². The highest BCUT2D eigenvalue weighted by molar-refractivity contribution is 5.68. The Kier molecular flexibility index (Phi) is 5.27. The van der Waals surface area contributed by atoms with Gasteiger partial charge >= 0.3 is 6.09 Å². The van der Waals surface area contributed by atoms with Gasteiger partial charge < -0.3 is 19.3 Å². The average molecular weight is 268 g/mol. The van der Waals surface area contributed by atoms with Crippen molar-refractivity contribution in [3.05, 3.63) is 24.6 Å². The van der Waals surface area contributed by atoms with Gasteiger partial charge in [0.2, 0.25) is 0 Å². The van der Waals surface area contributed by atoms with Crippen LogP contribution < -0.4 is 0 Å². The van der Waals surface area contributed by atoms with E-state index in [2.05, 4.69) is 11.5 Å². The molecule has 0 aromatic rings. The van der Waals surface area contributed by atoms with Crippen LogP contribution >= 0.6 is 0 Å². The number of rotatable bonds is 3. The van der Waals surface area contributed by atoms with Crippen LogP contribution in [0.2, 0.25) is 0 Å². The fraction of sp³-hybridized carbons (Fsp3) is 0.643. The molecule has 1 saturated heterocycles. The second-order valence-corrected chi connectivity index (χ2v) is 5.44. The molecule has 1 aliphatic rings. The Morgan fingerprint density at radius 1 is 1.16 bits per heavy atom. The summed E-state index contributed by atoms with van der Waals surface area (Å²) in [6, 6.07) is 0. The van der Waals surface area contributed by atoms with Gasteiger partial charge in [-0.3, -0.25) is 0 Å². The molecule has 0 aromatic carbocycles. The van der Waals surface area contributed by atoms with Crippen molar-refractivity contribution < 1.29 is 14.3 Å². The lowest BCUT2D eigenvalue weighted by molar-refractivity contribution is 0.0169. The monoisotopic (exact) mass is 268 g/mol. The van der Waals surface area contributed by atoms with E-state index in [4.69, 9.17) is 9.47 Å². The molecule has 0 aromatic heterocycles. The van der Waals surface area contributed by atoms with Crippen molar-refractivity contribution in [1.29, 1.82) is 0 Å². The summed E-state index contributed by atoms with van der Waals surface area (Å²) < 4.78 is 10.4. The number of amides is 1. The number of hydrogen-bond donors (Lipinski definition) is 0. The molecule has 5 nitrogen and oxygen atoms in total. The SMILES string of the molecule is C=C/C(=C\OC)N1CCN(C(=O)OC(C)(C)C)CC1. The predicted octanol–water partition coefficient (Wildman–Crippen LogP) is 2.21. The molecule has 0 N–H and O–H groups in total. The number of carbonyl (C=O) groups excluding carboxylic acids is 1. The summed E-state index contributed by atoms with van der Waals surface area (Å²) in [6.07, 6.45) is 3.17. The highest BCUT2D eigenvalue weighted by Crippen LogP contribution is 2.14. The number of allylic oxidation sites excluding steroid dienone is 1. The molecule has 19 heavy (non-hydrogen) atoms. The Morgan fingerprint density at radius 2 is 1.68 bits per heavy atom. The number of carbonyl (C=O) groups is 1. The summed E-state index contributed by atoms with van der Waals surface area (Å²) in [4.78, 5) is 15.8. The third-order valence-electron chi connectivity index (χ3n) is 2.74. The summed E-state index contributed by atoms with van der Waals surface area (Å²) in [7, 11) is 1.61. The fourth-order valence-corrected chi connectivity index (χ4v) is 1.85. The van der Waals surface area contributed by atoms with Crippen LogP contribution in [-0.2, 0) is 9.47 Å². The Hall–Kier alpha value is -1.65. The molecule has 1 amide bonds. The Labute approximate surface area is 115 Å². The van der Waals surface area contributed by atoms with Gasteiger partial charge in [-0.05, 0) is 26.8 Å². The van der Waals surface area contributed by atoms with E-state index in [0.29, 0.717) is 13.1 Å². The number of methoxy groups -OCH3 is 1. The molecule has 108 valence electrons. The van der Waals surface area contributed by atoms with Crippen molar-refractivity contribution in [3.63, 3.8) is 0 Å². The third kappa shape index (κ3) is 4.85. The molecular formula is C14H24N2O3. The smallest absolute Gasteiger partial charge is 0.410 e. The van der Waals surface area contributed by atoms with E-state index >= 15 is 0 Å². The third-order valence-corrected chi connectivity index (χ3v) is 2.74. The first kappa shape index (κ1) is 15.4. The molecule has 1 aliphatic heterocycles. The molecular weight excluding hydrogens is 244 g/mol. The summed E-state index contributed by atoms with van der Waals surface area (Å²) in [5, 5.41) is 0. The van der Waals surface area contributed by atoms with Crippen molar-refractivity contribution in [1.82, 2.24) is 9.80 Å². The van der Waals surface area contributed by atoms with Gasteiger partial charge in [-0.15, -0.1) is 0 Å². The Morgan fingerprint density at radius 3 is 2.11 bits per heavy atom. The fourth-order valence-electron chi connectivity index (χ4n) is 1.85. The molecule has 0 spiro atoms. The van der Waals surface area contributed by atoms with Gasteiger partial charge in [0.25, 0.3) is 0 Å². The minimum absolute atomic E-state index is 0.247. The standard InChI is InChI=1S/C14H24N2O3/c1-6-12(11-18-5)15-7-9-16(10-8-15)13(17)19-14(2,3)4/h6,11H,1,7-10H2,2-5H3/b12-11+. The van der Waals surface area contributed by atoms with Crippen molar-refractivity contribution in [3.8, 4) is 0 Å². The molecule has 0 atom stereocenters. The van der Waals surface area contributed by atoms with Crippen molar-refractivity contribution in [2.45, 2.75) is 26.4 Å². The maximum Gasteiger partial charge on any atom is 0.410 e. The molecule has 0 radical (unpaired) electrons. The van der Waals surface area contributed by atoms with Crippen LogP contribution in [0, 0.1) is 0 Å². The van der Waals surface area contributed by atoms with Crippen LogP contribution in [0.5, 0.6) is 0 Å². The van der Waals surface area contributed by atoms with Crippen LogP contribution in [0.4, 0.5) is 4.79 Å². The second-order valence-electron chi connectivity index (χ2n) is 5.44. The minimum atomic E-state index is -0.448. The van der Waals surface area contributed by atoms with E-state index in [0.717, 1.165) is 18.8 Å². The van der Waals surface area contributed by atoms with Gasteiger partial charge in [-0.1, -0.05) is 6.58 Å². The van der Waals surface area contributed by atoms with Crippen LogP contribution in [0.1, 0.15) is 20.8 Å². The van der Waals surface area contributed by atoms with Crippen LogP contribution in [0.3, 0.4) is 0 Å². The first-order chi connectivity index (χ1) is 8.87. The summed E-state index contributed by atoms with van der Waals surface area (Å²) in [5.41, 5.74) is 0.488. The van der Waals surface area contributed by atoms with E-state index < -0.39 is 5.60 Å². The molecule has 0 bridgehead atoms. The van der Waals surface area contributed by atoms with Crippen molar-refractivity contribution >= 4 is 6.09 Å². The van der Waals surface area contributed by atoms with Gasteiger partial charge in [0.1, 0.15) is 11.9 Å². The topological polar surface area (TPSA) is 42.0 Å². The highest BCUT2D eigenvalue weighted by atomic mass is 16.6. The maximum atomic E-state index is 11.9. The first-order valence-electron chi connectivity index (χ1n) is 6.45. The number of piperazine rings is 1. The van der Waals surface area contributed by atoms with Gasteiger partial charge in [-0.2, -0.15) is 0 Å². The normalized spacial score (nSPS) is 17.2. The first-order valence-corrected chi connectivity index (χ1v) is 6.45. The van der Waals surface area contributed by atoms with E-state index in [9.17, 15) is 4.79 Å². The van der Waals surface area contributed by atoms with Gasteiger partial charge in [-0.25, -0.2) is 4.79 Å². The largest absolute Gasteiger partial charge is 0.502 e. The highest BCUT2D eigenvalue weighted by Gasteiger charge is 2.26. The lowest BCUT2D eigenvalue weighted by Gasteiger charge is -2.36. The Bertz CT molecular complexity index is 350. The predicted molar refractivity (Wildman–Crippen MR) is 74.7 cm³/mol. The minimum Gasteiger partial charge on any atom is -0.502 e. The summed E-state index contributed by atoms with van der Waals surface area (Å²) >= 11 is 0.